The molecular weight excluding hydrogens is 330 g/mol. The molecule has 1 heterocycles. The third-order valence-corrected chi connectivity index (χ3v) is 4.56. The Labute approximate surface area is 135 Å². The summed E-state index contributed by atoms with van der Waals surface area (Å²) in [7, 11) is 1.69. The first-order valence-electron chi connectivity index (χ1n) is 7.53. The first kappa shape index (κ1) is 16.5. The molecule has 1 fully saturated rings. The predicted molar refractivity (Wildman–Crippen MR) is 89.2 cm³/mol. The Morgan fingerprint density at radius 3 is 2.76 bits per heavy atom. The molecule has 4 nitrogen and oxygen atoms in total. The maximum atomic E-state index is 11.4. The van der Waals surface area contributed by atoms with Gasteiger partial charge in [0.15, 0.2) is 0 Å². The second-order valence-corrected chi connectivity index (χ2v) is 6.58. The van der Waals surface area contributed by atoms with Gasteiger partial charge in [-0.1, -0.05) is 28.1 Å². The Morgan fingerprint density at radius 1 is 1.43 bits per heavy atom. The van der Waals surface area contributed by atoms with Crippen LogP contribution in [0.4, 0.5) is 0 Å². The first-order valence-corrected chi connectivity index (χ1v) is 8.32. The van der Waals surface area contributed by atoms with Crippen LogP contribution in [0.3, 0.4) is 0 Å². The molecule has 21 heavy (non-hydrogen) atoms. The molecule has 1 aromatic carbocycles. The molecule has 1 aliphatic heterocycles. The molecule has 1 unspecified atom stereocenters. The normalized spacial score (nSPS) is 18.4. The minimum Gasteiger partial charge on any atom is -0.358 e. The van der Waals surface area contributed by atoms with Crippen LogP contribution < -0.4 is 10.6 Å². The lowest BCUT2D eigenvalue weighted by molar-refractivity contribution is -0.122. The number of carbonyl (C=O) groups is 1. The summed E-state index contributed by atoms with van der Waals surface area (Å²) in [5.41, 5.74) is 1.30. The summed E-state index contributed by atoms with van der Waals surface area (Å²) in [5, 5.41) is 6.38. The second-order valence-electron chi connectivity index (χ2n) is 5.67. The second kappa shape index (κ2) is 7.92. The molecule has 2 N–H and O–H groups in total. The fourth-order valence-electron chi connectivity index (χ4n) is 2.77. The molecule has 1 amide bonds. The van der Waals surface area contributed by atoms with Crippen molar-refractivity contribution in [3.05, 3.63) is 34.3 Å². The fourth-order valence-corrected chi connectivity index (χ4v) is 3.18. The van der Waals surface area contributed by atoms with Crippen molar-refractivity contribution in [2.24, 2.45) is 0 Å². The van der Waals surface area contributed by atoms with Crippen molar-refractivity contribution in [1.29, 1.82) is 0 Å². The Morgan fingerprint density at radius 2 is 2.14 bits per heavy atom. The molecule has 0 aliphatic carbocycles. The number of carbonyl (C=O) groups excluding carboxylic acids is 1. The average molecular weight is 354 g/mol. The number of nitrogens with zero attached hydrogens (tertiary/aromatic N) is 1. The van der Waals surface area contributed by atoms with Crippen molar-refractivity contribution in [1.82, 2.24) is 15.5 Å². The van der Waals surface area contributed by atoms with Crippen molar-refractivity contribution < 1.29 is 4.79 Å². The lowest BCUT2D eigenvalue weighted by Gasteiger charge is -2.33. The number of nitrogens with one attached hydrogen (secondary N) is 2. The summed E-state index contributed by atoms with van der Waals surface area (Å²) in [6.07, 6.45) is 2.19. The van der Waals surface area contributed by atoms with Crippen molar-refractivity contribution in [2.75, 3.05) is 26.7 Å². The van der Waals surface area contributed by atoms with Gasteiger partial charge in [-0.15, -0.1) is 0 Å². The van der Waals surface area contributed by atoms with E-state index in [1.54, 1.807) is 7.05 Å². The van der Waals surface area contributed by atoms with E-state index < -0.39 is 0 Å². The number of hydrogen-bond donors (Lipinski definition) is 2. The standard InChI is InChI=1S/C16H24BrN3O/c1-12(13-4-3-5-14(17)10-13)19-15-6-8-20(9-7-15)11-16(21)18-2/h3-5,10,12,15,19H,6-9,11H2,1-2H3,(H,18,21). The van der Waals surface area contributed by atoms with Gasteiger partial charge in [-0.2, -0.15) is 0 Å². The number of likely N-dealkylation sites (tertiary alicyclic amines) is 1. The first-order chi connectivity index (χ1) is 10.1. The van der Waals surface area contributed by atoms with E-state index in [0.717, 1.165) is 30.4 Å². The Balaban J connectivity index is 1.79. The zero-order valence-electron chi connectivity index (χ0n) is 12.7. The van der Waals surface area contributed by atoms with Gasteiger partial charge in [-0.05, 0) is 37.5 Å². The van der Waals surface area contributed by atoms with E-state index in [-0.39, 0.29) is 5.91 Å². The smallest absolute Gasteiger partial charge is 0.233 e. The van der Waals surface area contributed by atoms with Crippen LogP contribution in [-0.2, 0) is 4.79 Å². The highest BCUT2D eigenvalue weighted by atomic mass is 79.9. The molecule has 1 atom stereocenters. The van der Waals surface area contributed by atoms with Crippen molar-refractivity contribution in [3.63, 3.8) is 0 Å². The molecule has 0 bridgehead atoms. The van der Waals surface area contributed by atoms with Gasteiger partial charge in [0.25, 0.3) is 0 Å². The molecule has 5 heteroatoms. The molecule has 1 saturated heterocycles. The summed E-state index contributed by atoms with van der Waals surface area (Å²) in [5.74, 6) is 0.101. The Bertz CT molecular complexity index is 472. The maximum Gasteiger partial charge on any atom is 0.233 e. The van der Waals surface area contributed by atoms with E-state index >= 15 is 0 Å². The number of piperidine rings is 1. The number of amides is 1. The molecule has 1 aliphatic rings. The van der Waals surface area contributed by atoms with Crippen LogP contribution in [0.15, 0.2) is 28.7 Å². The number of rotatable bonds is 5. The third-order valence-electron chi connectivity index (χ3n) is 4.07. The van der Waals surface area contributed by atoms with Crippen molar-refractivity contribution >= 4 is 21.8 Å². The SMILES string of the molecule is CNC(=O)CN1CCC(NC(C)c2cccc(Br)c2)CC1. The number of benzene rings is 1. The van der Waals surface area contributed by atoms with E-state index in [1.807, 2.05) is 6.07 Å². The minimum absolute atomic E-state index is 0.101. The highest BCUT2D eigenvalue weighted by Gasteiger charge is 2.21. The van der Waals surface area contributed by atoms with E-state index in [1.165, 1.54) is 5.56 Å². The molecular formula is C16H24BrN3O. The highest BCUT2D eigenvalue weighted by Crippen LogP contribution is 2.20. The van der Waals surface area contributed by atoms with Crippen LogP contribution in [0.25, 0.3) is 0 Å². The Hall–Kier alpha value is -0.910. The van der Waals surface area contributed by atoms with Crippen LogP contribution in [0.1, 0.15) is 31.4 Å². The van der Waals surface area contributed by atoms with Gasteiger partial charge < -0.3 is 10.6 Å². The zero-order valence-corrected chi connectivity index (χ0v) is 14.3. The molecule has 116 valence electrons. The average Bonchev–Trinajstić information content (AvgIpc) is 2.49. The largest absolute Gasteiger partial charge is 0.358 e. The topological polar surface area (TPSA) is 44.4 Å². The van der Waals surface area contributed by atoms with Gasteiger partial charge in [-0.3, -0.25) is 9.69 Å². The van der Waals surface area contributed by atoms with E-state index in [4.69, 9.17) is 0 Å². The summed E-state index contributed by atoms with van der Waals surface area (Å²) in [4.78, 5) is 13.6. The summed E-state index contributed by atoms with van der Waals surface area (Å²) in [6.45, 7) is 4.69. The molecule has 0 saturated carbocycles. The number of halogens is 1. The predicted octanol–water partition coefficient (Wildman–Crippen LogP) is 2.31. The molecule has 1 aromatic rings. The van der Waals surface area contributed by atoms with E-state index in [0.29, 0.717) is 18.6 Å². The minimum atomic E-state index is 0.101. The molecule has 2 rings (SSSR count). The molecule has 0 aromatic heterocycles. The summed E-state index contributed by atoms with van der Waals surface area (Å²) >= 11 is 3.52. The lowest BCUT2D eigenvalue weighted by Crippen LogP contribution is -2.46. The van der Waals surface area contributed by atoms with Gasteiger partial charge in [0.05, 0.1) is 6.54 Å². The van der Waals surface area contributed by atoms with Gasteiger partial charge in [-0.25, -0.2) is 0 Å². The van der Waals surface area contributed by atoms with E-state index in [9.17, 15) is 4.79 Å². The van der Waals surface area contributed by atoms with Gasteiger partial charge in [0.1, 0.15) is 0 Å². The van der Waals surface area contributed by atoms with Crippen molar-refractivity contribution in [3.8, 4) is 0 Å². The number of hydrogen-bond acceptors (Lipinski definition) is 3. The van der Waals surface area contributed by atoms with Gasteiger partial charge in [0, 0.05) is 36.7 Å². The molecule has 0 radical (unpaired) electrons. The van der Waals surface area contributed by atoms with Crippen LogP contribution in [-0.4, -0.2) is 43.5 Å². The van der Waals surface area contributed by atoms with E-state index in [2.05, 4.69) is 56.6 Å². The Kier molecular flexibility index (Phi) is 6.21. The highest BCUT2D eigenvalue weighted by molar-refractivity contribution is 9.10. The summed E-state index contributed by atoms with van der Waals surface area (Å²) < 4.78 is 1.12. The fraction of sp³-hybridized carbons (Fsp3) is 0.562. The van der Waals surface area contributed by atoms with Crippen LogP contribution in [0.2, 0.25) is 0 Å². The third kappa shape index (κ3) is 5.09. The number of likely N-dealkylation sites (N-methyl/N-ethyl adjacent to an activating group) is 1. The maximum absolute atomic E-state index is 11.4. The van der Waals surface area contributed by atoms with Crippen LogP contribution in [0.5, 0.6) is 0 Å². The summed E-state index contributed by atoms with van der Waals surface area (Å²) in [6, 6.07) is 9.32. The van der Waals surface area contributed by atoms with Gasteiger partial charge >= 0.3 is 0 Å². The monoisotopic (exact) mass is 353 g/mol. The zero-order chi connectivity index (χ0) is 15.2. The quantitative estimate of drug-likeness (QED) is 0.853. The van der Waals surface area contributed by atoms with Crippen molar-refractivity contribution in [2.45, 2.75) is 31.8 Å². The van der Waals surface area contributed by atoms with Crippen LogP contribution >= 0.6 is 15.9 Å². The van der Waals surface area contributed by atoms with Gasteiger partial charge in [0.2, 0.25) is 5.91 Å². The van der Waals surface area contributed by atoms with Crippen LogP contribution in [0, 0.1) is 0 Å². The molecule has 0 spiro atoms. The lowest BCUT2D eigenvalue weighted by atomic mass is 10.0.